The van der Waals surface area contributed by atoms with Crippen molar-refractivity contribution in [3.8, 4) is 11.5 Å². The Hall–Kier alpha value is -3.01. The van der Waals surface area contributed by atoms with Crippen molar-refractivity contribution < 1.29 is 14.3 Å². The normalized spacial score (nSPS) is 16.5. The van der Waals surface area contributed by atoms with Crippen LogP contribution in [-0.2, 0) is 0 Å². The molecule has 0 N–H and O–H groups in total. The van der Waals surface area contributed by atoms with Crippen LogP contribution in [0.2, 0.25) is 0 Å². The van der Waals surface area contributed by atoms with Crippen molar-refractivity contribution in [1.82, 2.24) is 4.90 Å². The second kappa shape index (κ2) is 7.31. The van der Waals surface area contributed by atoms with Crippen LogP contribution in [-0.4, -0.2) is 31.6 Å². The molecular formula is C23H23NO3. The van der Waals surface area contributed by atoms with Gasteiger partial charge in [0.05, 0.1) is 20.3 Å². The topological polar surface area (TPSA) is 38.8 Å². The molecule has 1 fully saturated rings. The van der Waals surface area contributed by atoms with Crippen LogP contribution in [0, 0.1) is 0 Å². The summed E-state index contributed by atoms with van der Waals surface area (Å²) in [6.45, 7) is 0.752. The summed E-state index contributed by atoms with van der Waals surface area (Å²) in [6, 6.07) is 19.8. The zero-order valence-electron chi connectivity index (χ0n) is 15.6. The van der Waals surface area contributed by atoms with Gasteiger partial charge in [0.2, 0.25) is 0 Å². The van der Waals surface area contributed by atoms with E-state index in [1.165, 1.54) is 0 Å². The first-order chi connectivity index (χ1) is 13.2. The third kappa shape index (κ3) is 3.12. The van der Waals surface area contributed by atoms with Crippen LogP contribution in [0.5, 0.6) is 11.5 Å². The van der Waals surface area contributed by atoms with E-state index in [0.717, 1.165) is 52.8 Å². The molecule has 1 amide bonds. The van der Waals surface area contributed by atoms with Crippen molar-refractivity contribution >= 4 is 16.7 Å². The van der Waals surface area contributed by atoms with Gasteiger partial charge in [0.25, 0.3) is 5.91 Å². The number of fused-ring (bicyclic) bond motifs is 1. The quantitative estimate of drug-likeness (QED) is 0.668. The van der Waals surface area contributed by atoms with Gasteiger partial charge < -0.3 is 14.4 Å². The number of carbonyl (C=O) groups is 1. The highest BCUT2D eigenvalue weighted by Gasteiger charge is 2.33. The Morgan fingerprint density at radius 3 is 2.63 bits per heavy atom. The molecule has 0 saturated carbocycles. The standard InChI is InChI=1S/C23H23NO3/c1-26-17-12-13-20(22(15-17)27-2)21-11-6-14-24(21)23(25)19-10-5-8-16-7-3-4-9-18(16)19/h3-5,7-10,12-13,15,21H,6,11,14H2,1-2H3. The molecule has 1 aliphatic rings. The average molecular weight is 361 g/mol. The van der Waals surface area contributed by atoms with Crippen LogP contribution in [0.15, 0.2) is 60.7 Å². The summed E-state index contributed by atoms with van der Waals surface area (Å²) in [5.74, 6) is 1.59. The Kier molecular flexibility index (Phi) is 4.71. The number of rotatable bonds is 4. The van der Waals surface area contributed by atoms with Gasteiger partial charge in [-0.15, -0.1) is 0 Å². The number of amides is 1. The number of hydrogen-bond donors (Lipinski definition) is 0. The Morgan fingerprint density at radius 2 is 1.81 bits per heavy atom. The fourth-order valence-electron chi connectivity index (χ4n) is 3.99. The summed E-state index contributed by atoms with van der Waals surface area (Å²) in [5.41, 5.74) is 1.79. The monoisotopic (exact) mass is 361 g/mol. The van der Waals surface area contributed by atoms with Gasteiger partial charge in [0.1, 0.15) is 11.5 Å². The number of carbonyl (C=O) groups excluding carboxylic acids is 1. The largest absolute Gasteiger partial charge is 0.497 e. The highest BCUT2D eigenvalue weighted by molar-refractivity contribution is 6.07. The van der Waals surface area contributed by atoms with Gasteiger partial charge in [0, 0.05) is 23.7 Å². The van der Waals surface area contributed by atoms with Gasteiger partial charge in [-0.3, -0.25) is 4.79 Å². The molecule has 3 aromatic rings. The number of ether oxygens (including phenoxy) is 2. The predicted molar refractivity (Wildman–Crippen MR) is 107 cm³/mol. The van der Waals surface area contributed by atoms with Crippen LogP contribution < -0.4 is 9.47 Å². The van der Waals surface area contributed by atoms with E-state index in [1.54, 1.807) is 14.2 Å². The summed E-state index contributed by atoms with van der Waals surface area (Å²) in [7, 11) is 3.30. The lowest BCUT2D eigenvalue weighted by Crippen LogP contribution is -2.30. The minimum Gasteiger partial charge on any atom is -0.497 e. The second-order valence-electron chi connectivity index (χ2n) is 6.79. The van der Waals surface area contributed by atoms with Gasteiger partial charge >= 0.3 is 0 Å². The van der Waals surface area contributed by atoms with E-state index >= 15 is 0 Å². The number of hydrogen-bond acceptors (Lipinski definition) is 3. The molecule has 4 rings (SSSR count). The third-order valence-corrected chi connectivity index (χ3v) is 5.33. The van der Waals surface area contributed by atoms with Gasteiger partial charge in [-0.2, -0.15) is 0 Å². The molecule has 138 valence electrons. The molecule has 27 heavy (non-hydrogen) atoms. The average Bonchev–Trinajstić information content (AvgIpc) is 3.22. The molecule has 0 bridgehead atoms. The van der Waals surface area contributed by atoms with Crippen LogP contribution in [0.4, 0.5) is 0 Å². The van der Waals surface area contributed by atoms with E-state index in [-0.39, 0.29) is 11.9 Å². The number of benzene rings is 3. The van der Waals surface area contributed by atoms with E-state index in [0.29, 0.717) is 0 Å². The van der Waals surface area contributed by atoms with Crippen molar-refractivity contribution in [2.45, 2.75) is 18.9 Å². The van der Waals surface area contributed by atoms with Crippen molar-refractivity contribution in [3.05, 3.63) is 71.8 Å². The van der Waals surface area contributed by atoms with E-state index in [2.05, 4.69) is 0 Å². The summed E-state index contributed by atoms with van der Waals surface area (Å²) >= 11 is 0. The maximum Gasteiger partial charge on any atom is 0.254 e. The molecule has 0 radical (unpaired) electrons. The van der Waals surface area contributed by atoms with Crippen LogP contribution >= 0.6 is 0 Å². The fourth-order valence-corrected chi connectivity index (χ4v) is 3.99. The minimum absolute atomic E-state index is 0.0114. The summed E-state index contributed by atoms with van der Waals surface area (Å²) < 4.78 is 10.9. The van der Waals surface area contributed by atoms with Gasteiger partial charge in [-0.05, 0) is 41.8 Å². The summed E-state index contributed by atoms with van der Waals surface area (Å²) in [4.78, 5) is 15.4. The number of likely N-dealkylation sites (tertiary alicyclic amines) is 1. The Balaban J connectivity index is 1.72. The van der Waals surface area contributed by atoms with Crippen molar-refractivity contribution in [2.75, 3.05) is 20.8 Å². The third-order valence-electron chi connectivity index (χ3n) is 5.33. The van der Waals surface area contributed by atoms with Crippen LogP contribution in [0.1, 0.15) is 34.8 Å². The SMILES string of the molecule is COc1ccc(C2CCCN2C(=O)c2cccc3ccccc23)c(OC)c1. The summed E-state index contributed by atoms with van der Waals surface area (Å²) in [5, 5.41) is 2.08. The maximum absolute atomic E-state index is 13.4. The molecule has 4 nitrogen and oxygen atoms in total. The molecule has 0 aromatic heterocycles. The van der Waals surface area contributed by atoms with Crippen molar-refractivity contribution in [3.63, 3.8) is 0 Å². The Labute approximate surface area is 159 Å². The zero-order chi connectivity index (χ0) is 18.8. The molecule has 1 saturated heterocycles. The van der Waals surface area contributed by atoms with E-state index < -0.39 is 0 Å². The minimum atomic E-state index is 0.0114. The maximum atomic E-state index is 13.4. The first-order valence-electron chi connectivity index (χ1n) is 9.23. The number of nitrogens with zero attached hydrogens (tertiary/aromatic N) is 1. The lowest BCUT2D eigenvalue weighted by molar-refractivity contribution is 0.0736. The van der Waals surface area contributed by atoms with Gasteiger partial charge in [0.15, 0.2) is 0 Å². The first-order valence-corrected chi connectivity index (χ1v) is 9.23. The first kappa shape index (κ1) is 17.4. The molecular weight excluding hydrogens is 338 g/mol. The molecule has 0 spiro atoms. The Bertz CT molecular complexity index is 977. The smallest absolute Gasteiger partial charge is 0.254 e. The highest BCUT2D eigenvalue weighted by Crippen LogP contribution is 2.39. The number of methoxy groups -OCH3 is 2. The molecule has 1 atom stereocenters. The zero-order valence-corrected chi connectivity index (χ0v) is 15.6. The van der Waals surface area contributed by atoms with E-state index in [9.17, 15) is 4.79 Å². The van der Waals surface area contributed by atoms with Gasteiger partial charge in [-0.1, -0.05) is 36.4 Å². The molecule has 1 heterocycles. The van der Waals surface area contributed by atoms with E-state index in [4.69, 9.17) is 9.47 Å². The highest BCUT2D eigenvalue weighted by atomic mass is 16.5. The molecule has 1 unspecified atom stereocenters. The fraction of sp³-hybridized carbons (Fsp3) is 0.261. The molecule has 1 aliphatic heterocycles. The lowest BCUT2D eigenvalue weighted by Gasteiger charge is -2.27. The van der Waals surface area contributed by atoms with Gasteiger partial charge in [-0.25, -0.2) is 0 Å². The van der Waals surface area contributed by atoms with E-state index in [1.807, 2.05) is 65.6 Å². The molecule has 0 aliphatic carbocycles. The Morgan fingerprint density at radius 1 is 1.00 bits per heavy atom. The van der Waals surface area contributed by atoms with Crippen LogP contribution in [0.3, 0.4) is 0 Å². The molecule has 4 heteroatoms. The van der Waals surface area contributed by atoms with Crippen molar-refractivity contribution in [1.29, 1.82) is 0 Å². The lowest BCUT2D eigenvalue weighted by atomic mass is 10.0. The van der Waals surface area contributed by atoms with Crippen LogP contribution in [0.25, 0.3) is 10.8 Å². The second-order valence-corrected chi connectivity index (χ2v) is 6.79. The van der Waals surface area contributed by atoms with Crippen molar-refractivity contribution in [2.24, 2.45) is 0 Å². The summed E-state index contributed by atoms with van der Waals surface area (Å²) in [6.07, 6.45) is 1.91. The predicted octanol–water partition coefficient (Wildman–Crippen LogP) is 4.83. The molecule has 3 aromatic carbocycles.